The average Bonchev–Trinajstić information content (AvgIpc) is 3.32. The first-order valence-corrected chi connectivity index (χ1v) is 10.8. The van der Waals surface area contributed by atoms with E-state index < -0.39 is 0 Å². The van der Waals surface area contributed by atoms with Gasteiger partial charge in [0.05, 0.1) is 6.04 Å². The summed E-state index contributed by atoms with van der Waals surface area (Å²) < 4.78 is 14.6. The van der Waals surface area contributed by atoms with E-state index >= 15 is 0 Å². The van der Waals surface area contributed by atoms with Gasteiger partial charge < -0.3 is 10.2 Å². The van der Waals surface area contributed by atoms with Gasteiger partial charge in [-0.05, 0) is 61.7 Å². The average molecular weight is 414 g/mol. The van der Waals surface area contributed by atoms with Crippen molar-refractivity contribution in [3.8, 4) is 0 Å². The van der Waals surface area contributed by atoms with E-state index in [0.717, 1.165) is 39.0 Å². The van der Waals surface area contributed by atoms with Crippen molar-refractivity contribution < 1.29 is 9.18 Å². The molecular weight excluding hydrogens is 393 g/mol. The largest absolute Gasteiger partial charge is 0.322 e. The highest BCUT2D eigenvalue weighted by atomic mass is 32.2. The van der Waals surface area contributed by atoms with Gasteiger partial charge in [0.1, 0.15) is 5.82 Å². The number of thiazole rings is 1. The summed E-state index contributed by atoms with van der Waals surface area (Å²) in [6, 6.07) is 14.0. The third-order valence-electron chi connectivity index (χ3n) is 4.66. The van der Waals surface area contributed by atoms with Crippen LogP contribution in [0.5, 0.6) is 0 Å². The van der Waals surface area contributed by atoms with Crippen LogP contribution < -0.4 is 5.32 Å². The smallest absolute Gasteiger partial charge is 0.317 e. The minimum Gasteiger partial charge on any atom is -0.317 e. The molecule has 1 aromatic heterocycles. The van der Waals surface area contributed by atoms with E-state index in [4.69, 9.17) is 0 Å². The molecule has 7 heteroatoms. The number of urea groups is 1. The van der Waals surface area contributed by atoms with E-state index in [9.17, 15) is 9.18 Å². The van der Waals surface area contributed by atoms with Crippen LogP contribution in [0, 0.1) is 12.7 Å². The van der Waals surface area contributed by atoms with E-state index in [-0.39, 0.29) is 17.9 Å². The lowest BCUT2D eigenvalue weighted by molar-refractivity contribution is 0.207. The lowest BCUT2D eigenvalue weighted by Gasteiger charge is -2.25. The van der Waals surface area contributed by atoms with Crippen LogP contribution in [0.25, 0.3) is 0 Å². The Morgan fingerprint density at radius 3 is 2.82 bits per heavy atom. The zero-order valence-electron chi connectivity index (χ0n) is 15.4. The summed E-state index contributed by atoms with van der Waals surface area (Å²) in [7, 11) is 0. The molecule has 1 aliphatic heterocycles. The molecule has 28 heavy (non-hydrogen) atoms. The fourth-order valence-electron chi connectivity index (χ4n) is 3.35. The molecule has 1 atom stereocenters. The van der Waals surface area contributed by atoms with Crippen LogP contribution in [-0.4, -0.2) is 22.5 Å². The number of carbonyl (C=O) groups is 1. The van der Waals surface area contributed by atoms with Gasteiger partial charge in [-0.2, -0.15) is 0 Å². The second-order valence-corrected chi connectivity index (χ2v) is 8.90. The monoisotopic (exact) mass is 413 g/mol. The van der Waals surface area contributed by atoms with Gasteiger partial charge in [-0.3, -0.25) is 0 Å². The number of nitrogens with one attached hydrogen (secondary N) is 1. The Labute approximate surface area is 171 Å². The molecule has 2 amide bonds. The Morgan fingerprint density at radius 2 is 2.11 bits per heavy atom. The number of nitrogens with zero attached hydrogens (tertiary/aromatic N) is 2. The number of amides is 2. The van der Waals surface area contributed by atoms with Gasteiger partial charge in [0.25, 0.3) is 0 Å². The first-order valence-electron chi connectivity index (χ1n) is 9.11. The molecule has 0 spiro atoms. The zero-order valence-corrected chi connectivity index (χ0v) is 17.0. The van der Waals surface area contributed by atoms with Crippen molar-refractivity contribution in [1.29, 1.82) is 0 Å². The zero-order chi connectivity index (χ0) is 19.5. The summed E-state index contributed by atoms with van der Waals surface area (Å²) in [5.41, 5.74) is 2.61. The molecule has 1 aliphatic rings. The highest BCUT2D eigenvalue weighted by molar-refractivity contribution is 8.01. The predicted molar refractivity (Wildman–Crippen MR) is 112 cm³/mol. The van der Waals surface area contributed by atoms with Crippen molar-refractivity contribution in [2.24, 2.45) is 0 Å². The molecule has 4 nitrogen and oxygen atoms in total. The van der Waals surface area contributed by atoms with E-state index in [1.165, 1.54) is 12.1 Å². The number of benzene rings is 2. The summed E-state index contributed by atoms with van der Waals surface area (Å²) in [6.45, 7) is 2.65. The Morgan fingerprint density at radius 1 is 1.29 bits per heavy atom. The van der Waals surface area contributed by atoms with E-state index in [2.05, 4.69) is 10.3 Å². The van der Waals surface area contributed by atoms with Crippen molar-refractivity contribution in [1.82, 2.24) is 9.88 Å². The lowest BCUT2D eigenvalue weighted by Crippen LogP contribution is -2.34. The fourth-order valence-corrected chi connectivity index (χ4v) is 5.16. The summed E-state index contributed by atoms with van der Waals surface area (Å²) in [5.74, 6) is -0.270. The minimum absolute atomic E-state index is 0.0846. The molecule has 3 aromatic rings. The molecule has 2 heterocycles. The Hall–Kier alpha value is -2.38. The first kappa shape index (κ1) is 19.0. The standard InChI is InChI=1S/C21H20FN3OS2/c1-14-13-27-21(23-14)28-18-9-7-17(8-10-18)24-20(26)25-11-3-6-19(25)15-4-2-5-16(22)12-15/h2,4-5,7-10,12-13,19H,3,6,11H2,1H3,(H,24,26). The van der Waals surface area contributed by atoms with Gasteiger partial charge in [-0.15, -0.1) is 11.3 Å². The van der Waals surface area contributed by atoms with Gasteiger partial charge in [0.15, 0.2) is 4.34 Å². The fraction of sp³-hybridized carbons (Fsp3) is 0.238. The van der Waals surface area contributed by atoms with E-state index in [1.54, 1.807) is 34.1 Å². The topological polar surface area (TPSA) is 45.2 Å². The Kier molecular flexibility index (Phi) is 5.64. The van der Waals surface area contributed by atoms with Crippen LogP contribution in [0.2, 0.25) is 0 Å². The van der Waals surface area contributed by atoms with Gasteiger partial charge in [-0.25, -0.2) is 14.2 Å². The van der Waals surface area contributed by atoms with Crippen LogP contribution in [0.4, 0.5) is 14.9 Å². The maximum atomic E-state index is 13.6. The lowest BCUT2D eigenvalue weighted by atomic mass is 10.0. The Bertz CT molecular complexity index is 974. The predicted octanol–water partition coefficient (Wildman–Crippen LogP) is 6.11. The van der Waals surface area contributed by atoms with Crippen molar-refractivity contribution in [3.63, 3.8) is 0 Å². The van der Waals surface area contributed by atoms with Crippen LogP contribution in [-0.2, 0) is 0 Å². The maximum absolute atomic E-state index is 13.6. The highest BCUT2D eigenvalue weighted by Gasteiger charge is 2.30. The second kappa shape index (κ2) is 8.32. The molecule has 1 saturated heterocycles. The molecule has 1 N–H and O–H groups in total. The SMILES string of the molecule is Cc1csc(Sc2ccc(NC(=O)N3CCCC3c3cccc(F)c3)cc2)n1. The van der Waals surface area contributed by atoms with Crippen molar-refractivity contribution in [3.05, 3.63) is 71.0 Å². The third-order valence-corrected chi connectivity index (χ3v) is 6.72. The van der Waals surface area contributed by atoms with Crippen LogP contribution >= 0.6 is 23.1 Å². The molecule has 0 aliphatic carbocycles. The van der Waals surface area contributed by atoms with Gasteiger partial charge >= 0.3 is 6.03 Å². The van der Waals surface area contributed by atoms with E-state index in [1.807, 2.05) is 42.6 Å². The summed E-state index contributed by atoms with van der Waals surface area (Å²) in [4.78, 5) is 20.1. The van der Waals surface area contributed by atoms with Crippen molar-refractivity contribution in [2.45, 2.75) is 35.0 Å². The first-order chi connectivity index (χ1) is 13.6. The molecule has 0 saturated carbocycles. The number of rotatable bonds is 4. The number of hydrogen-bond acceptors (Lipinski definition) is 4. The maximum Gasteiger partial charge on any atom is 0.322 e. The summed E-state index contributed by atoms with van der Waals surface area (Å²) in [5, 5.41) is 4.99. The molecular formula is C21H20FN3OS2. The number of aryl methyl sites for hydroxylation is 1. The van der Waals surface area contributed by atoms with Crippen LogP contribution in [0.15, 0.2) is 63.1 Å². The molecule has 144 valence electrons. The van der Waals surface area contributed by atoms with Crippen molar-refractivity contribution in [2.75, 3.05) is 11.9 Å². The molecule has 1 unspecified atom stereocenters. The number of carbonyl (C=O) groups excluding carboxylic acids is 1. The van der Waals surface area contributed by atoms with Gasteiger partial charge in [-0.1, -0.05) is 23.9 Å². The molecule has 0 radical (unpaired) electrons. The van der Waals surface area contributed by atoms with Crippen molar-refractivity contribution >= 4 is 34.8 Å². The number of anilines is 1. The summed E-state index contributed by atoms with van der Waals surface area (Å²) >= 11 is 3.23. The summed E-state index contributed by atoms with van der Waals surface area (Å²) in [6.07, 6.45) is 1.76. The van der Waals surface area contributed by atoms with Crippen LogP contribution in [0.1, 0.15) is 30.1 Å². The van der Waals surface area contributed by atoms with Gasteiger partial charge in [0, 0.05) is 28.2 Å². The molecule has 0 bridgehead atoms. The number of likely N-dealkylation sites (tertiary alicyclic amines) is 1. The quantitative estimate of drug-likeness (QED) is 0.561. The van der Waals surface area contributed by atoms with Gasteiger partial charge in [0.2, 0.25) is 0 Å². The van der Waals surface area contributed by atoms with Crippen LogP contribution in [0.3, 0.4) is 0 Å². The highest BCUT2D eigenvalue weighted by Crippen LogP contribution is 2.33. The molecule has 4 rings (SSSR count). The second-order valence-electron chi connectivity index (χ2n) is 6.72. The van der Waals surface area contributed by atoms with E-state index in [0.29, 0.717) is 6.54 Å². The molecule has 2 aromatic carbocycles. The molecule has 1 fully saturated rings. The Balaban J connectivity index is 1.41. The number of halogens is 1. The minimum atomic E-state index is -0.270. The number of hydrogen-bond donors (Lipinski definition) is 1. The number of aromatic nitrogens is 1. The normalized spacial score (nSPS) is 16.4. The third kappa shape index (κ3) is 4.36.